The molecule has 0 aliphatic rings. The molecule has 0 bridgehead atoms. The van der Waals surface area contributed by atoms with Gasteiger partial charge in [-0.15, -0.1) is 0 Å². The predicted octanol–water partition coefficient (Wildman–Crippen LogP) is 2.33. The Morgan fingerprint density at radius 1 is 1.19 bits per heavy atom. The van der Waals surface area contributed by atoms with E-state index < -0.39 is 0 Å². The molecule has 26 heavy (non-hydrogen) atoms. The zero-order valence-corrected chi connectivity index (χ0v) is 14.3. The molecular formula is C19H18N6O. The zero-order chi connectivity index (χ0) is 17.9. The molecule has 4 rings (SSSR count). The molecule has 3 aromatic heterocycles. The summed E-state index contributed by atoms with van der Waals surface area (Å²) in [5.74, 6) is 0.563. The molecule has 1 amide bonds. The number of carbonyl (C=O) groups is 1. The molecule has 7 heteroatoms. The van der Waals surface area contributed by atoms with Gasteiger partial charge in [-0.2, -0.15) is 5.10 Å². The minimum atomic E-state index is -0.236. The highest BCUT2D eigenvalue weighted by Crippen LogP contribution is 2.18. The summed E-state index contributed by atoms with van der Waals surface area (Å²) in [6.45, 7) is 0.526. The first-order chi connectivity index (χ1) is 12.7. The summed E-state index contributed by atoms with van der Waals surface area (Å²) >= 11 is 0. The lowest BCUT2D eigenvalue weighted by Crippen LogP contribution is -2.28. The molecule has 0 unspecified atom stereocenters. The van der Waals surface area contributed by atoms with Crippen LogP contribution in [0.3, 0.4) is 0 Å². The van der Waals surface area contributed by atoms with E-state index in [1.54, 1.807) is 19.4 Å². The average molecular weight is 346 g/mol. The van der Waals surface area contributed by atoms with E-state index in [9.17, 15) is 4.79 Å². The van der Waals surface area contributed by atoms with Crippen molar-refractivity contribution in [1.29, 1.82) is 0 Å². The van der Waals surface area contributed by atoms with Gasteiger partial charge >= 0.3 is 0 Å². The SMILES string of the molecule is Cn1nc(-c2ccncc2)nc1C(=O)NCCc1c[nH]c2ccccc12. The van der Waals surface area contributed by atoms with Crippen molar-refractivity contribution in [3.05, 3.63) is 66.4 Å². The lowest BCUT2D eigenvalue weighted by atomic mass is 10.1. The zero-order valence-electron chi connectivity index (χ0n) is 14.3. The van der Waals surface area contributed by atoms with Crippen LogP contribution >= 0.6 is 0 Å². The largest absolute Gasteiger partial charge is 0.361 e. The summed E-state index contributed by atoms with van der Waals surface area (Å²) in [6, 6.07) is 11.8. The van der Waals surface area contributed by atoms with Crippen LogP contribution in [-0.4, -0.2) is 37.2 Å². The molecule has 0 saturated carbocycles. The van der Waals surface area contributed by atoms with Crippen molar-refractivity contribution in [2.24, 2.45) is 7.05 Å². The van der Waals surface area contributed by atoms with Crippen LogP contribution in [0, 0.1) is 0 Å². The molecule has 0 aliphatic heterocycles. The second-order valence-corrected chi connectivity index (χ2v) is 5.98. The molecule has 0 spiro atoms. The van der Waals surface area contributed by atoms with E-state index in [1.165, 1.54) is 15.6 Å². The summed E-state index contributed by atoms with van der Waals surface area (Å²) < 4.78 is 1.50. The van der Waals surface area contributed by atoms with Crippen LogP contribution in [0.25, 0.3) is 22.3 Å². The second-order valence-electron chi connectivity index (χ2n) is 5.98. The van der Waals surface area contributed by atoms with Crippen molar-refractivity contribution in [3.8, 4) is 11.4 Å². The Morgan fingerprint density at radius 2 is 2.00 bits per heavy atom. The van der Waals surface area contributed by atoms with Crippen LogP contribution in [0.1, 0.15) is 16.2 Å². The average Bonchev–Trinajstić information content (AvgIpc) is 3.26. The van der Waals surface area contributed by atoms with Gasteiger partial charge in [-0.1, -0.05) is 18.2 Å². The molecule has 3 heterocycles. The van der Waals surface area contributed by atoms with Crippen LogP contribution < -0.4 is 5.32 Å². The highest BCUT2D eigenvalue weighted by atomic mass is 16.2. The maximum atomic E-state index is 12.4. The number of nitrogens with zero attached hydrogens (tertiary/aromatic N) is 4. The number of H-pyrrole nitrogens is 1. The Labute approximate surface area is 150 Å². The molecular weight excluding hydrogens is 328 g/mol. The Hall–Kier alpha value is -3.48. The van der Waals surface area contributed by atoms with E-state index in [0.717, 1.165) is 17.5 Å². The molecule has 0 aliphatic carbocycles. The summed E-state index contributed by atoms with van der Waals surface area (Å²) in [5.41, 5.74) is 3.11. The Kier molecular flexibility index (Phi) is 4.18. The molecule has 2 N–H and O–H groups in total. The van der Waals surface area contributed by atoms with E-state index in [4.69, 9.17) is 0 Å². The first-order valence-corrected chi connectivity index (χ1v) is 8.37. The van der Waals surface area contributed by atoms with Gasteiger partial charge in [0.1, 0.15) is 0 Å². The minimum Gasteiger partial charge on any atom is -0.361 e. The number of fused-ring (bicyclic) bond motifs is 1. The topological polar surface area (TPSA) is 88.5 Å². The fourth-order valence-corrected chi connectivity index (χ4v) is 2.93. The second kappa shape index (κ2) is 6.79. The van der Waals surface area contributed by atoms with Gasteiger partial charge in [0.05, 0.1) is 0 Å². The summed E-state index contributed by atoms with van der Waals surface area (Å²) in [7, 11) is 1.71. The summed E-state index contributed by atoms with van der Waals surface area (Å²) in [5, 5.41) is 8.41. The number of hydrogen-bond donors (Lipinski definition) is 2. The Bertz CT molecular complexity index is 1050. The van der Waals surface area contributed by atoms with Gasteiger partial charge in [0, 0.05) is 48.6 Å². The van der Waals surface area contributed by atoms with Crippen LogP contribution in [0.4, 0.5) is 0 Å². The van der Waals surface area contributed by atoms with Crippen molar-refractivity contribution in [1.82, 2.24) is 30.0 Å². The van der Waals surface area contributed by atoms with E-state index >= 15 is 0 Å². The van der Waals surface area contributed by atoms with E-state index in [-0.39, 0.29) is 11.7 Å². The lowest BCUT2D eigenvalue weighted by Gasteiger charge is -2.03. The fraction of sp³-hybridized carbons (Fsp3) is 0.158. The van der Waals surface area contributed by atoms with Gasteiger partial charge in [0.2, 0.25) is 5.82 Å². The quantitative estimate of drug-likeness (QED) is 0.580. The first kappa shape index (κ1) is 16.0. The highest BCUT2D eigenvalue weighted by Gasteiger charge is 2.16. The lowest BCUT2D eigenvalue weighted by molar-refractivity contribution is 0.0939. The van der Waals surface area contributed by atoms with Crippen LogP contribution in [-0.2, 0) is 13.5 Å². The van der Waals surface area contributed by atoms with Crippen LogP contribution in [0.15, 0.2) is 55.0 Å². The molecule has 7 nitrogen and oxygen atoms in total. The van der Waals surface area contributed by atoms with Crippen LogP contribution in [0.2, 0.25) is 0 Å². The standard InChI is InChI=1S/C19H18N6O/c1-25-18(23-17(24-25)13-6-9-20-10-7-13)19(26)21-11-8-14-12-22-16-5-3-2-4-15(14)16/h2-7,9-10,12,22H,8,11H2,1H3,(H,21,26). The Balaban J connectivity index is 1.43. The Morgan fingerprint density at radius 3 is 2.85 bits per heavy atom. The number of hydrogen-bond acceptors (Lipinski definition) is 4. The fourth-order valence-electron chi connectivity index (χ4n) is 2.93. The van der Waals surface area contributed by atoms with Crippen molar-refractivity contribution in [2.75, 3.05) is 6.54 Å². The molecule has 0 radical (unpaired) electrons. The number of aromatic amines is 1. The van der Waals surface area contributed by atoms with Gasteiger partial charge < -0.3 is 10.3 Å². The third-order valence-electron chi connectivity index (χ3n) is 4.26. The van der Waals surface area contributed by atoms with Gasteiger partial charge in [-0.25, -0.2) is 9.67 Å². The van der Waals surface area contributed by atoms with Crippen molar-refractivity contribution >= 4 is 16.8 Å². The number of pyridine rings is 1. The van der Waals surface area contributed by atoms with E-state index in [0.29, 0.717) is 12.4 Å². The summed E-state index contributed by atoms with van der Waals surface area (Å²) in [4.78, 5) is 24.0. The van der Waals surface area contributed by atoms with Crippen LogP contribution in [0.5, 0.6) is 0 Å². The van der Waals surface area contributed by atoms with E-state index in [2.05, 4.69) is 31.4 Å². The number of aryl methyl sites for hydroxylation is 1. The third kappa shape index (κ3) is 3.06. The summed E-state index contributed by atoms with van der Waals surface area (Å²) in [6.07, 6.45) is 6.07. The van der Waals surface area contributed by atoms with Gasteiger partial charge in [0.15, 0.2) is 5.82 Å². The number of nitrogens with one attached hydrogen (secondary N) is 2. The minimum absolute atomic E-state index is 0.236. The van der Waals surface area contributed by atoms with Gasteiger partial charge in [-0.3, -0.25) is 9.78 Å². The number of benzene rings is 1. The maximum absolute atomic E-state index is 12.4. The number of para-hydroxylation sites is 1. The molecule has 0 fully saturated rings. The highest BCUT2D eigenvalue weighted by molar-refractivity contribution is 5.91. The third-order valence-corrected chi connectivity index (χ3v) is 4.26. The van der Waals surface area contributed by atoms with Gasteiger partial charge in [-0.05, 0) is 30.2 Å². The first-order valence-electron chi connectivity index (χ1n) is 8.37. The normalized spacial score (nSPS) is 11.0. The number of rotatable bonds is 5. The van der Waals surface area contributed by atoms with Crippen molar-refractivity contribution < 1.29 is 4.79 Å². The van der Waals surface area contributed by atoms with Crippen molar-refractivity contribution in [3.63, 3.8) is 0 Å². The smallest absolute Gasteiger partial charge is 0.288 e. The monoisotopic (exact) mass is 346 g/mol. The molecule has 4 aromatic rings. The van der Waals surface area contributed by atoms with E-state index in [1.807, 2.05) is 36.5 Å². The van der Waals surface area contributed by atoms with Crippen molar-refractivity contribution in [2.45, 2.75) is 6.42 Å². The maximum Gasteiger partial charge on any atom is 0.288 e. The number of amides is 1. The molecule has 1 aromatic carbocycles. The predicted molar refractivity (Wildman–Crippen MR) is 98.6 cm³/mol. The molecule has 0 saturated heterocycles. The number of aromatic nitrogens is 5. The number of carbonyl (C=O) groups excluding carboxylic acids is 1. The van der Waals surface area contributed by atoms with Gasteiger partial charge in [0.25, 0.3) is 5.91 Å². The molecule has 0 atom stereocenters. The molecule has 130 valence electrons.